The lowest BCUT2D eigenvalue weighted by Gasteiger charge is -2.23. The average molecular weight is 371 g/mol. The summed E-state index contributed by atoms with van der Waals surface area (Å²) in [5.74, 6) is -0.729. The Bertz CT molecular complexity index is 855. The first-order valence-corrected chi connectivity index (χ1v) is 8.53. The molecular weight excluding hydrogens is 350 g/mol. The largest absolute Gasteiger partial charge is 0.507 e. The summed E-state index contributed by atoms with van der Waals surface area (Å²) in [6.45, 7) is 0.752. The van der Waals surface area contributed by atoms with Gasteiger partial charge in [0.25, 0.3) is 11.7 Å². The predicted molar refractivity (Wildman–Crippen MR) is 97.2 cm³/mol. The summed E-state index contributed by atoms with van der Waals surface area (Å²) in [6.07, 6.45) is 2.02. The van der Waals surface area contributed by atoms with E-state index < -0.39 is 17.7 Å². The van der Waals surface area contributed by atoms with Crippen molar-refractivity contribution in [2.75, 3.05) is 27.4 Å². The van der Waals surface area contributed by atoms with Gasteiger partial charge in [-0.25, -0.2) is 0 Å². The fraction of sp³-hybridized carbons (Fsp3) is 0.300. The zero-order valence-electron chi connectivity index (χ0n) is 15.2. The number of rotatable bonds is 7. The topological polar surface area (TPSA) is 89.2 Å². The number of likely N-dealkylation sites (tertiary alicyclic amines) is 1. The maximum atomic E-state index is 12.7. The summed E-state index contributed by atoms with van der Waals surface area (Å²) < 4.78 is 15.7. The van der Waals surface area contributed by atoms with E-state index in [1.165, 1.54) is 18.3 Å². The van der Waals surface area contributed by atoms with E-state index >= 15 is 0 Å². The molecule has 0 spiro atoms. The molecule has 1 amide bonds. The van der Waals surface area contributed by atoms with E-state index in [1.54, 1.807) is 43.5 Å². The minimum atomic E-state index is -0.789. The molecule has 142 valence electrons. The number of amides is 1. The molecule has 27 heavy (non-hydrogen) atoms. The molecule has 2 heterocycles. The predicted octanol–water partition coefficient (Wildman–Crippen LogP) is 2.75. The SMILES string of the molecule is COCCCN1C(=O)C(=O)C(=C(O)c2cccc(OC)c2)[C@@H]1c1ccco1. The van der Waals surface area contributed by atoms with Crippen molar-refractivity contribution in [3.63, 3.8) is 0 Å². The Labute approximate surface area is 156 Å². The van der Waals surface area contributed by atoms with Crippen molar-refractivity contribution in [2.45, 2.75) is 12.5 Å². The number of ether oxygens (including phenoxy) is 2. The Morgan fingerprint density at radius 1 is 1.22 bits per heavy atom. The maximum Gasteiger partial charge on any atom is 0.295 e. The number of nitrogens with zero attached hydrogens (tertiary/aromatic N) is 1. The van der Waals surface area contributed by atoms with Gasteiger partial charge < -0.3 is 23.9 Å². The zero-order valence-corrected chi connectivity index (χ0v) is 15.2. The Balaban J connectivity index is 2.08. The smallest absolute Gasteiger partial charge is 0.295 e. The van der Waals surface area contributed by atoms with Gasteiger partial charge in [-0.15, -0.1) is 0 Å². The number of hydrogen-bond donors (Lipinski definition) is 1. The van der Waals surface area contributed by atoms with Gasteiger partial charge >= 0.3 is 0 Å². The van der Waals surface area contributed by atoms with Gasteiger partial charge in [-0.05, 0) is 30.7 Å². The third kappa shape index (κ3) is 3.59. The van der Waals surface area contributed by atoms with Gasteiger partial charge in [0.15, 0.2) is 0 Å². The molecule has 0 aliphatic carbocycles. The third-order valence-electron chi connectivity index (χ3n) is 4.44. The fourth-order valence-corrected chi connectivity index (χ4v) is 3.16. The molecule has 1 atom stereocenters. The second kappa shape index (κ2) is 8.09. The number of methoxy groups -OCH3 is 2. The van der Waals surface area contributed by atoms with E-state index in [2.05, 4.69) is 0 Å². The van der Waals surface area contributed by atoms with Gasteiger partial charge in [-0.2, -0.15) is 0 Å². The molecule has 0 saturated carbocycles. The van der Waals surface area contributed by atoms with Crippen LogP contribution in [0, 0.1) is 0 Å². The maximum absolute atomic E-state index is 12.7. The summed E-state index contributed by atoms with van der Waals surface area (Å²) in [7, 11) is 3.08. The number of aliphatic hydroxyl groups excluding tert-OH is 1. The van der Waals surface area contributed by atoms with E-state index in [0.717, 1.165) is 0 Å². The number of aliphatic hydroxyl groups is 1. The van der Waals surface area contributed by atoms with Crippen LogP contribution < -0.4 is 4.74 Å². The van der Waals surface area contributed by atoms with Crippen LogP contribution in [0.25, 0.3) is 5.76 Å². The number of carbonyl (C=O) groups excluding carboxylic acids is 2. The van der Waals surface area contributed by atoms with E-state index in [0.29, 0.717) is 36.6 Å². The van der Waals surface area contributed by atoms with Gasteiger partial charge in [0.2, 0.25) is 0 Å². The molecule has 1 fully saturated rings. The molecule has 7 nitrogen and oxygen atoms in total. The first kappa shape index (κ1) is 18.7. The minimum absolute atomic E-state index is 0.000574. The molecule has 0 unspecified atom stereocenters. The lowest BCUT2D eigenvalue weighted by atomic mass is 9.99. The van der Waals surface area contributed by atoms with E-state index in [1.807, 2.05) is 0 Å². The molecule has 0 bridgehead atoms. The van der Waals surface area contributed by atoms with Gasteiger partial charge in [0.05, 0.1) is 18.9 Å². The van der Waals surface area contributed by atoms with E-state index in [9.17, 15) is 14.7 Å². The first-order chi connectivity index (χ1) is 13.1. The molecule has 2 aromatic rings. The van der Waals surface area contributed by atoms with Crippen molar-refractivity contribution in [2.24, 2.45) is 0 Å². The van der Waals surface area contributed by atoms with Crippen molar-refractivity contribution in [1.29, 1.82) is 0 Å². The standard InChI is InChI=1S/C20H21NO6/c1-25-10-5-9-21-17(15-8-4-11-27-15)16(19(23)20(21)24)18(22)13-6-3-7-14(12-13)26-2/h3-4,6-8,11-12,17,22H,5,9-10H2,1-2H3/t17-/m0/s1. The van der Waals surface area contributed by atoms with Crippen LogP contribution in [0.2, 0.25) is 0 Å². The van der Waals surface area contributed by atoms with Crippen molar-refractivity contribution in [3.05, 3.63) is 59.6 Å². The highest BCUT2D eigenvalue weighted by Gasteiger charge is 2.47. The Kier molecular flexibility index (Phi) is 5.61. The normalized spacial score (nSPS) is 18.9. The highest BCUT2D eigenvalue weighted by atomic mass is 16.5. The van der Waals surface area contributed by atoms with Crippen LogP contribution in [0.3, 0.4) is 0 Å². The highest BCUT2D eigenvalue weighted by molar-refractivity contribution is 6.46. The molecule has 0 radical (unpaired) electrons. The number of hydrogen-bond acceptors (Lipinski definition) is 6. The lowest BCUT2D eigenvalue weighted by molar-refractivity contribution is -0.140. The summed E-state index contributed by atoms with van der Waals surface area (Å²) in [4.78, 5) is 26.7. The number of carbonyl (C=O) groups is 2. The zero-order chi connectivity index (χ0) is 19.4. The van der Waals surface area contributed by atoms with Gasteiger partial charge in [-0.1, -0.05) is 12.1 Å². The molecule has 1 saturated heterocycles. The number of Topliss-reactive ketones (excluding diaryl/α,β-unsaturated/α-hetero) is 1. The molecule has 1 aromatic carbocycles. The first-order valence-electron chi connectivity index (χ1n) is 8.53. The molecule has 1 aliphatic rings. The van der Waals surface area contributed by atoms with Crippen molar-refractivity contribution >= 4 is 17.4 Å². The molecule has 7 heteroatoms. The second-order valence-electron chi connectivity index (χ2n) is 6.09. The van der Waals surface area contributed by atoms with E-state index in [-0.39, 0.29) is 11.3 Å². The number of furan rings is 1. The van der Waals surface area contributed by atoms with Gasteiger partial charge in [0.1, 0.15) is 23.3 Å². The van der Waals surface area contributed by atoms with Gasteiger partial charge in [0, 0.05) is 25.8 Å². The molecule has 3 rings (SSSR count). The molecule has 1 N–H and O–H groups in total. The van der Waals surface area contributed by atoms with Gasteiger partial charge in [-0.3, -0.25) is 9.59 Å². The lowest BCUT2D eigenvalue weighted by Crippen LogP contribution is -2.31. The minimum Gasteiger partial charge on any atom is -0.507 e. The highest BCUT2D eigenvalue weighted by Crippen LogP contribution is 2.39. The van der Waals surface area contributed by atoms with Crippen LogP contribution in [0.15, 0.2) is 52.7 Å². The van der Waals surface area contributed by atoms with Crippen LogP contribution in [0.1, 0.15) is 23.8 Å². The second-order valence-corrected chi connectivity index (χ2v) is 6.09. The number of ketones is 1. The van der Waals surface area contributed by atoms with Crippen LogP contribution in [-0.4, -0.2) is 49.1 Å². The van der Waals surface area contributed by atoms with Crippen molar-refractivity contribution < 1.29 is 28.6 Å². The van der Waals surface area contributed by atoms with Crippen LogP contribution in [0.5, 0.6) is 5.75 Å². The Morgan fingerprint density at radius 3 is 2.70 bits per heavy atom. The van der Waals surface area contributed by atoms with Crippen LogP contribution in [-0.2, 0) is 14.3 Å². The number of benzene rings is 1. The summed E-state index contributed by atoms with van der Waals surface area (Å²) in [5.41, 5.74) is 0.390. The van der Waals surface area contributed by atoms with Crippen LogP contribution in [0.4, 0.5) is 0 Å². The van der Waals surface area contributed by atoms with E-state index in [4.69, 9.17) is 13.9 Å². The molecule has 1 aliphatic heterocycles. The summed E-state index contributed by atoms with van der Waals surface area (Å²) in [6, 6.07) is 9.24. The van der Waals surface area contributed by atoms with Crippen molar-refractivity contribution in [3.8, 4) is 5.75 Å². The average Bonchev–Trinajstić information content (AvgIpc) is 3.30. The van der Waals surface area contributed by atoms with Crippen LogP contribution >= 0.6 is 0 Å². The fourth-order valence-electron chi connectivity index (χ4n) is 3.16. The molecular formula is C20H21NO6. The summed E-state index contributed by atoms with van der Waals surface area (Å²) >= 11 is 0. The Hall–Kier alpha value is -3.06. The van der Waals surface area contributed by atoms with Crippen molar-refractivity contribution in [1.82, 2.24) is 4.90 Å². The Morgan fingerprint density at radius 2 is 2.04 bits per heavy atom. The quantitative estimate of drug-likeness (QED) is 0.348. The third-order valence-corrected chi connectivity index (χ3v) is 4.44. The molecule has 1 aromatic heterocycles. The summed E-state index contributed by atoms with van der Waals surface area (Å²) in [5, 5.41) is 10.8. The monoisotopic (exact) mass is 371 g/mol.